The number of benzene rings is 9. The number of anilines is 3. The van der Waals surface area contributed by atoms with Crippen molar-refractivity contribution in [2.24, 2.45) is 15.7 Å². The predicted octanol–water partition coefficient (Wildman–Crippen LogP) is 13.7. The molecule has 0 radical (unpaired) electrons. The SMILES string of the molecule is NC(=NC(=NCc1ccccc1)c1ccccc1)c1cccc(-n2c(N)c(N(Cc3ccccc3)c3ccccc3)c3cc4c5ccccc5n(-c5ccccc5-c5ccccc5)c4cc32)c1. The van der Waals surface area contributed by atoms with Gasteiger partial charge in [-0.25, -0.2) is 4.99 Å². The van der Waals surface area contributed by atoms with Crippen LogP contribution in [0.4, 0.5) is 17.2 Å². The van der Waals surface area contributed by atoms with E-state index >= 15 is 0 Å². The fourth-order valence-corrected chi connectivity index (χ4v) is 9.29. The summed E-state index contributed by atoms with van der Waals surface area (Å²) in [5.74, 6) is 1.51. The first kappa shape index (κ1) is 40.8. The lowest BCUT2D eigenvalue weighted by atomic mass is 10.0. The number of nitrogens with two attached hydrogens (primary N) is 2. The Morgan fingerprint density at radius 2 is 1.07 bits per heavy atom. The molecular formula is C60H47N7. The highest BCUT2D eigenvalue weighted by Crippen LogP contribution is 2.46. The number of nitrogens with zero attached hydrogens (tertiary/aromatic N) is 5. The predicted molar refractivity (Wildman–Crippen MR) is 280 cm³/mol. The minimum Gasteiger partial charge on any atom is -0.383 e. The highest BCUT2D eigenvalue weighted by atomic mass is 15.2. The Morgan fingerprint density at radius 1 is 0.478 bits per heavy atom. The quantitative estimate of drug-likeness (QED) is 0.100. The summed E-state index contributed by atoms with van der Waals surface area (Å²) >= 11 is 0. The third-order valence-electron chi connectivity index (χ3n) is 12.4. The van der Waals surface area contributed by atoms with Crippen molar-refractivity contribution >= 4 is 61.6 Å². The minimum atomic E-state index is 0.350. The molecule has 0 aliphatic carbocycles. The van der Waals surface area contributed by atoms with Gasteiger partial charge in [-0.3, -0.25) is 9.56 Å². The summed E-state index contributed by atoms with van der Waals surface area (Å²) < 4.78 is 4.58. The van der Waals surface area contributed by atoms with Crippen LogP contribution in [-0.4, -0.2) is 20.8 Å². The zero-order valence-electron chi connectivity index (χ0n) is 36.8. The van der Waals surface area contributed by atoms with Crippen LogP contribution in [0.15, 0.2) is 247 Å². The van der Waals surface area contributed by atoms with Crippen molar-refractivity contribution in [2.75, 3.05) is 10.6 Å². The van der Waals surface area contributed by atoms with Gasteiger partial charge in [0, 0.05) is 50.8 Å². The van der Waals surface area contributed by atoms with E-state index in [1.54, 1.807) is 0 Å². The van der Waals surface area contributed by atoms with Crippen LogP contribution in [-0.2, 0) is 13.1 Å². The molecule has 0 spiro atoms. The normalized spacial score (nSPS) is 12.0. The van der Waals surface area contributed by atoms with Crippen LogP contribution in [0.3, 0.4) is 0 Å². The number of para-hydroxylation sites is 3. The van der Waals surface area contributed by atoms with Gasteiger partial charge in [0.2, 0.25) is 0 Å². The summed E-state index contributed by atoms with van der Waals surface area (Å²) in [6.45, 7) is 1.07. The topological polar surface area (TPSA) is 89.9 Å². The Bertz CT molecular complexity index is 3580. The van der Waals surface area contributed by atoms with Crippen LogP contribution < -0.4 is 16.4 Å². The molecule has 0 amide bonds. The molecule has 4 N–H and O–H groups in total. The summed E-state index contributed by atoms with van der Waals surface area (Å²) in [6.07, 6.45) is 0. The lowest BCUT2D eigenvalue weighted by Gasteiger charge is -2.26. The summed E-state index contributed by atoms with van der Waals surface area (Å²) in [5, 5.41) is 3.31. The lowest BCUT2D eigenvalue weighted by Crippen LogP contribution is -2.18. The number of hydrogen-bond acceptors (Lipinski definition) is 3. The van der Waals surface area contributed by atoms with Gasteiger partial charge >= 0.3 is 0 Å². The van der Waals surface area contributed by atoms with Gasteiger partial charge in [-0.1, -0.05) is 188 Å². The third-order valence-corrected chi connectivity index (χ3v) is 12.4. The van der Waals surface area contributed by atoms with E-state index in [1.165, 1.54) is 0 Å². The number of nitrogen functional groups attached to an aromatic ring is 1. The van der Waals surface area contributed by atoms with E-state index in [2.05, 4.69) is 190 Å². The van der Waals surface area contributed by atoms with Crippen molar-refractivity contribution < 1.29 is 0 Å². The lowest BCUT2D eigenvalue weighted by molar-refractivity contribution is 0.977. The van der Waals surface area contributed by atoms with Gasteiger partial charge in [0.15, 0.2) is 5.84 Å². The smallest absolute Gasteiger partial charge is 0.157 e. The van der Waals surface area contributed by atoms with E-state index in [-0.39, 0.29) is 0 Å². The zero-order chi connectivity index (χ0) is 45.1. The molecule has 0 atom stereocenters. The van der Waals surface area contributed by atoms with Crippen molar-refractivity contribution in [3.8, 4) is 22.5 Å². The summed E-state index contributed by atoms with van der Waals surface area (Å²) in [6, 6.07) is 82.0. The van der Waals surface area contributed by atoms with Crippen molar-refractivity contribution in [1.29, 1.82) is 0 Å². The molecule has 0 saturated heterocycles. The van der Waals surface area contributed by atoms with Crippen molar-refractivity contribution in [1.82, 2.24) is 9.13 Å². The molecule has 0 aliphatic heterocycles. The number of hydrogen-bond donors (Lipinski definition) is 2. The maximum atomic E-state index is 7.64. The maximum absolute atomic E-state index is 7.64. The number of aromatic nitrogens is 2. The van der Waals surface area contributed by atoms with Crippen molar-refractivity contribution in [2.45, 2.75) is 13.1 Å². The number of aliphatic imine (C=N–C) groups is 2. The fraction of sp³-hybridized carbons (Fsp3) is 0.0333. The maximum Gasteiger partial charge on any atom is 0.157 e. The standard InChI is InChI=1S/C60H47N7/c61-58(64-60(45-27-12-4-13-28-45)63-40-42-21-6-1-7-22-42)46-29-20-32-48(37-46)66-56-39-55-51(38-52(56)57(59(66)62)65(47-30-14-5-15-31-47)41-43-23-8-2-9-24-43)50-34-17-19-36-54(50)67(55)53-35-18-16-33-49(53)44-25-10-3-11-26-44/h1-39H,40-41,62H2,(H2,61,63,64). The highest BCUT2D eigenvalue weighted by molar-refractivity contribution is 6.17. The molecule has 0 fully saturated rings. The van der Waals surface area contributed by atoms with Gasteiger partial charge in [0.25, 0.3) is 0 Å². The third kappa shape index (κ3) is 7.89. The van der Waals surface area contributed by atoms with Gasteiger partial charge < -0.3 is 20.9 Å². The second kappa shape index (κ2) is 17.9. The van der Waals surface area contributed by atoms with Gasteiger partial charge in [-0.2, -0.15) is 0 Å². The number of amidine groups is 2. The first-order chi connectivity index (χ1) is 33.1. The van der Waals surface area contributed by atoms with Crippen LogP contribution in [0.5, 0.6) is 0 Å². The average molecular weight is 866 g/mol. The molecule has 9 aromatic carbocycles. The van der Waals surface area contributed by atoms with Crippen LogP contribution in [0.2, 0.25) is 0 Å². The molecule has 2 heterocycles. The van der Waals surface area contributed by atoms with E-state index in [4.69, 9.17) is 21.5 Å². The van der Waals surface area contributed by atoms with Gasteiger partial charge in [0.05, 0.1) is 34.5 Å². The molecule has 0 unspecified atom stereocenters. The molecule has 7 nitrogen and oxygen atoms in total. The van der Waals surface area contributed by atoms with E-state index in [0.717, 1.165) is 88.8 Å². The Kier molecular flexibility index (Phi) is 10.9. The second-order valence-corrected chi connectivity index (χ2v) is 16.6. The van der Waals surface area contributed by atoms with E-state index in [1.807, 2.05) is 60.7 Å². The summed E-state index contributed by atoms with van der Waals surface area (Å²) in [5.41, 5.74) is 27.9. The molecule has 7 heteroatoms. The van der Waals surface area contributed by atoms with E-state index < -0.39 is 0 Å². The number of rotatable bonds is 11. The van der Waals surface area contributed by atoms with Crippen molar-refractivity contribution in [3.05, 3.63) is 259 Å². The molecule has 0 bridgehead atoms. The molecule has 67 heavy (non-hydrogen) atoms. The van der Waals surface area contributed by atoms with E-state index in [9.17, 15) is 0 Å². The molecule has 2 aromatic heterocycles. The summed E-state index contributed by atoms with van der Waals surface area (Å²) in [7, 11) is 0. The molecular weight excluding hydrogens is 819 g/mol. The Morgan fingerprint density at radius 3 is 1.82 bits per heavy atom. The van der Waals surface area contributed by atoms with Crippen molar-refractivity contribution in [3.63, 3.8) is 0 Å². The largest absolute Gasteiger partial charge is 0.383 e. The van der Waals surface area contributed by atoms with E-state index in [0.29, 0.717) is 30.6 Å². The highest BCUT2D eigenvalue weighted by Gasteiger charge is 2.26. The van der Waals surface area contributed by atoms with Crippen LogP contribution >= 0.6 is 0 Å². The minimum absolute atomic E-state index is 0.350. The average Bonchev–Trinajstić information content (AvgIpc) is 3.87. The summed E-state index contributed by atoms with van der Waals surface area (Å²) in [4.78, 5) is 12.3. The molecule has 11 rings (SSSR count). The monoisotopic (exact) mass is 865 g/mol. The first-order valence-electron chi connectivity index (χ1n) is 22.6. The molecule has 0 saturated carbocycles. The Labute approximate surface area is 389 Å². The number of fused-ring (bicyclic) bond motifs is 4. The van der Waals surface area contributed by atoms with Gasteiger partial charge in [-0.15, -0.1) is 0 Å². The van der Waals surface area contributed by atoms with Crippen LogP contribution in [0.25, 0.3) is 55.2 Å². The Balaban J connectivity index is 1.15. The van der Waals surface area contributed by atoms with Gasteiger partial charge in [-0.05, 0) is 65.2 Å². The molecule has 322 valence electrons. The second-order valence-electron chi connectivity index (χ2n) is 16.6. The zero-order valence-corrected chi connectivity index (χ0v) is 36.8. The van der Waals surface area contributed by atoms with Gasteiger partial charge in [0.1, 0.15) is 11.7 Å². The molecule has 11 aromatic rings. The first-order valence-corrected chi connectivity index (χ1v) is 22.6. The Hall–Kier alpha value is -8.94. The fourth-order valence-electron chi connectivity index (χ4n) is 9.29. The molecule has 0 aliphatic rings. The van der Waals surface area contributed by atoms with Crippen LogP contribution in [0, 0.1) is 0 Å². The van der Waals surface area contributed by atoms with Crippen LogP contribution in [0.1, 0.15) is 22.3 Å².